The van der Waals surface area contributed by atoms with Crippen LogP contribution in [0, 0.1) is 5.92 Å². The fourth-order valence-electron chi connectivity index (χ4n) is 4.23. The summed E-state index contributed by atoms with van der Waals surface area (Å²) in [4.78, 5) is 4.81. The Balaban J connectivity index is 1.92. The summed E-state index contributed by atoms with van der Waals surface area (Å²) in [7, 11) is 0. The van der Waals surface area contributed by atoms with Crippen LogP contribution in [0.1, 0.15) is 19.4 Å². The molecule has 1 aliphatic rings. The second-order valence-corrected chi connectivity index (χ2v) is 7.59. The van der Waals surface area contributed by atoms with Crippen LogP contribution in [0.25, 0.3) is 44.3 Å². The van der Waals surface area contributed by atoms with Crippen molar-refractivity contribution in [1.82, 2.24) is 4.98 Å². The highest BCUT2D eigenvalue weighted by Crippen LogP contribution is 2.46. The Bertz CT molecular complexity index is 1130. The van der Waals surface area contributed by atoms with E-state index in [1.54, 1.807) is 0 Å². The molecule has 0 saturated carbocycles. The Morgan fingerprint density at radius 1 is 0.731 bits per heavy atom. The van der Waals surface area contributed by atoms with Crippen molar-refractivity contribution < 1.29 is 0 Å². The number of fused-ring (bicyclic) bond motifs is 5. The first kappa shape index (κ1) is 15.3. The molecule has 0 bridgehead atoms. The molecule has 0 fully saturated rings. The highest BCUT2D eigenvalue weighted by atomic mass is 14.7. The van der Waals surface area contributed by atoms with Gasteiger partial charge in [-0.1, -0.05) is 74.5 Å². The zero-order valence-electron chi connectivity index (χ0n) is 15.2. The fraction of sp³-hybridized carbons (Fsp3) is 0.160. The van der Waals surface area contributed by atoms with Crippen molar-refractivity contribution in [2.45, 2.75) is 20.3 Å². The van der Waals surface area contributed by atoms with E-state index < -0.39 is 0 Å². The quantitative estimate of drug-likeness (QED) is 0.348. The number of hydrogen-bond acceptors (Lipinski definition) is 1. The minimum atomic E-state index is 0.646. The fourth-order valence-corrected chi connectivity index (χ4v) is 4.23. The molecule has 1 aromatic heterocycles. The van der Waals surface area contributed by atoms with Gasteiger partial charge in [0.15, 0.2) is 0 Å². The molecule has 126 valence electrons. The second kappa shape index (κ2) is 5.81. The van der Waals surface area contributed by atoms with Crippen LogP contribution in [0.2, 0.25) is 0 Å². The van der Waals surface area contributed by atoms with E-state index in [1.807, 2.05) is 6.20 Å². The predicted octanol–water partition coefficient (Wildman–Crippen LogP) is 6.75. The Kier molecular flexibility index (Phi) is 3.43. The molecular weight excluding hydrogens is 314 g/mol. The summed E-state index contributed by atoms with van der Waals surface area (Å²) < 4.78 is 0. The zero-order chi connectivity index (χ0) is 17.7. The smallest absolute Gasteiger partial charge is 0.0792 e. The van der Waals surface area contributed by atoms with Gasteiger partial charge in [0.25, 0.3) is 0 Å². The molecule has 1 aliphatic carbocycles. The maximum atomic E-state index is 4.81. The second-order valence-electron chi connectivity index (χ2n) is 7.59. The van der Waals surface area contributed by atoms with Crippen molar-refractivity contribution in [2.75, 3.05) is 0 Å². The summed E-state index contributed by atoms with van der Waals surface area (Å²) in [5.74, 6) is 0.646. The molecule has 26 heavy (non-hydrogen) atoms. The van der Waals surface area contributed by atoms with Crippen LogP contribution in [-0.2, 0) is 6.42 Å². The van der Waals surface area contributed by atoms with Crippen LogP contribution in [0.5, 0.6) is 0 Å². The lowest BCUT2D eigenvalue weighted by molar-refractivity contribution is 0.647. The lowest BCUT2D eigenvalue weighted by atomic mass is 9.91. The van der Waals surface area contributed by atoms with Crippen LogP contribution in [0.3, 0.4) is 0 Å². The van der Waals surface area contributed by atoms with Gasteiger partial charge in [0.05, 0.1) is 5.69 Å². The minimum absolute atomic E-state index is 0.646. The Morgan fingerprint density at radius 3 is 2.31 bits per heavy atom. The van der Waals surface area contributed by atoms with Gasteiger partial charge in [-0.3, -0.25) is 4.98 Å². The van der Waals surface area contributed by atoms with Gasteiger partial charge in [-0.25, -0.2) is 0 Å². The summed E-state index contributed by atoms with van der Waals surface area (Å²) in [6.07, 6.45) is 3.03. The third kappa shape index (κ3) is 2.28. The molecule has 1 nitrogen and oxygen atoms in total. The Labute approximate surface area is 154 Å². The first-order valence-corrected chi connectivity index (χ1v) is 9.33. The summed E-state index contributed by atoms with van der Waals surface area (Å²) in [6, 6.07) is 24.4. The molecule has 0 radical (unpaired) electrons. The molecule has 0 N–H and O–H groups in total. The normalized spacial score (nSPS) is 12.0. The average molecular weight is 335 g/mol. The molecular formula is C25H21N. The molecule has 3 aromatic carbocycles. The van der Waals surface area contributed by atoms with Crippen molar-refractivity contribution in [3.63, 3.8) is 0 Å². The minimum Gasteiger partial charge on any atom is -0.256 e. The largest absolute Gasteiger partial charge is 0.256 e. The average Bonchev–Trinajstić information content (AvgIpc) is 2.77. The SMILES string of the molecule is CC(C)Cc1ccc2c(c1)-c1ccccc1-c1cccc3ccnc-2c13. The van der Waals surface area contributed by atoms with Gasteiger partial charge in [0.1, 0.15) is 0 Å². The van der Waals surface area contributed by atoms with Gasteiger partial charge < -0.3 is 0 Å². The molecule has 0 amide bonds. The number of benzene rings is 3. The molecule has 0 aliphatic heterocycles. The number of hydrogen-bond donors (Lipinski definition) is 0. The molecule has 0 unspecified atom stereocenters. The van der Waals surface area contributed by atoms with Crippen LogP contribution >= 0.6 is 0 Å². The monoisotopic (exact) mass is 335 g/mol. The number of rotatable bonds is 2. The molecule has 0 saturated heterocycles. The van der Waals surface area contributed by atoms with Crippen LogP contribution in [0.4, 0.5) is 0 Å². The van der Waals surface area contributed by atoms with E-state index in [-0.39, 0.29) is 0 Å². The molecule has 1 heterocycles. The van der Waals surface area contributed by atoms with Gasteiger partial charge in [-0.15, -0.1) is 0 Å². The van der Waals surface area contributed by atoms with Crippen molar-refractivity contribution >= 4 is 10.8 Å². The lowest BCUT2D eigenvalue weighted by Gasteiger charge is -2.13. The number of nitrogens with zero attached hydrogens (tertiary/aromatic N) is 1. The summed E-state index contributed by atoms with van der Waals surface area (Å²) in [5, 5.41) is 2.51. The summed E-state index contributed by atoms with van der Waals surface area (Å²) in [5.41, 5.74) is 8.91. The number of pyridine rings is 1. The summed E-state index contributed by atoms with van der Waals surface area (Å²) >= 11 is 0. The number of aromatic nitrogens is 1. The Hall–Kier alpha value is -2.93. The Morgan fingerprint density at radius 2 is 1.50 bits per heavy atom. The van der Waals surface area contributed by atoms with Gasteiger partial charge in [-0.05, 0) is 51.6 Å². The molecule has 0 spiro atoms. The molecule has 5 rings (SSSR count). The standard InChI is InChI=1S/C25H21N/c1-16(2)14-17-10-11-22-23(15-17)20-8-4-3-7-19(20)21-9-5-6-18-12-13-26-25(22)24(18)21/h3-13,15-16H,14H2,1-2H3. The van der Waals surface area contributed by atoms with E-state index in [1.165, 1.54) is 44.2 Å². The van der Waals surface area contributed by atoms with E-state index in [2.05, 4.69) is 80.6 Å². The summed E-state index contributed by atoms with van der Waals surface area (Å²) in [6.45, 7) is 4.55. The highest BCUT2D eigenvalue weighted by Gasteiger charge is 2.22. The third-order valence-electron chi connectivity index (χ3n) is 5.28. The highest BCUT2D eigenvalue weighted by molar-refractivity contribution is 6.12. The van der Waals surface area contributed by atoms with Gasteiger partial charge in [0.2, 0.25) is 0 Å². The third-order valence-corrected chi connectivity index (χ3v) is 5.28. The van der Waals surface area contributed by atoms with Crippen molar-refractivity contribution in [3.8, 4) is 33.5 Å². The van der Waals surface area contributed by atoms with E-state index >= 15 is 0 Å². The van der Waals surface area contributed by atoms with Crippen LogP contribution < -0.4 is 0 Å². The van der Waals surface area contributed by atoms with Gasteiger partial charge in [-0.2, -0.15) is 0 Å². The predicted molar refractivity (Wildman–Crippen MR) is 110 cm³/mol. The van der Waals surface area contributed by atoms with E-state index in [4.69, 9.17) is 4.98 Å². The first-order chi connectivity index (χ1) is 12.7. The van der Waals surface area contributed by atoms with E-state index in [0.717, 1.165) is 12.1 Å². The van der Waals surface area contributed by atoms with Gasteiger partial charge in [0, 0.05) is 17.1 Å². The van der Waals surface area contributed by atoms with Crippen molar-refractivity contribution in [1.29, 1.82) is 0 Å². The topological polar surface area (TPSA) is 12.9 Å². The lowest BCUT2D eigenvalue weighted by Crippen LogP contribution is -1.96. The van der Waals surface area contributed by atoms with Crippen molar-refractivity contribution in [3.05, 3.63) is 78.5 Å². The molecule has 0 atom stereocenters. The van der Waals surface area contributed by atoms with Gasteiger partial charge >= 0.3 is 0 Å². The maximum Gasteiger partial charge on any atom is 0.0792 e. The first-order valence-electron chi connectivity index (χ1n) is 9.33. The zero-order valence-corrected chi connectivity index (χ0v) is 15.2. The molecule has 1 heteroatoms. The van der Waals surface area contributed by atoms with E-state index in [9.17, 15) is 0 Å². The van der Waals surface area contributed by atoms with Crippen molar-refractivity contribution in [2.24, 2.45) is 5.92 Å². The van der Waals surface area contributed by atoms with Crippen LogP contribution in [-0.4, -0.2) is 4.98 Å². The maximum absolute atomic E-state index is 4.81. The van der Waals surface area contributed by atoms with Crippen LogP contribution in [0.15, 0.2) is 72.9 Å². The molecule has 4 aromatic rings. The van der Waals surface area contributed by atoms with E-state index in [0.29, 0.717) is 5.92 Å².